The molecule has 1 heterocycles. The monoisotopic (exact) mass is 433 g/mol. The van der Waals surface area contributed by atoms with E-state index in [1.165, 1.54) is 0 Å². The minimum absolute atomic E-state index is 0.0214. The summed E-state index contributed by atoms with van der Waals surface area (Å²) in [5.74, 6) is 0.244. The molecule has 2 aromatic carbocycles. The van der Waals surface area contributed by atoms with Gasteiger partial charge in [-0.2, -0.15) is 0 Å². The van der Waals surface area contributed by atoms with E-state index < -0.39 is 6.04 Å². The molecule has 1 unspecified atom stereocenters. The first-order valence-electron chi connectivity index (χ1n) is 9.75. The summed E-state index contributed by atoms with van der Waals surface area (Å²) in [6.07, 6.45) is 1.72. The fourth-order valence-electron chi connectivity index (χ4n) is 3.49. The average molecular weight is 434 g/mol. The molecule has 3 rings (SSSR count). The molecule has 0 bridgehead atoms. The van der Waals surface area contributed by atoms with Gasteiger partial charge < -0.3 is 15.5 Å². The molecule has 2 N–H and O–H groups in total. The number of carbonyl (C=O) groups is 2. The van der Waals surface area contributed by atoms with Crippen LogP contribution in [0.15, 0.2) is 54.6 Å². The van der Waals surface area contributed by atoms with Crippen molar-refractivity contribution in [1.29, 1.82) is 0 Å². The molecule has 1 aliphatic rings. The molecule has 1 atom stereocenters. The molecule has 29 heavy (non-hydrogen) atoms. The summed E-state index contributed by atoms with van der Waals surface area (Å²) in [5.41, 5.74) is 1.76. The zero-order chi connectivity index (χ0) is 20.6. The highest BCUT2D eigenvalue weighted by Crippen LogP contribution is 2.26. The number of alkyl halides is 1. The van der Waals surface area contributed by atoms with Crippen molar-refractivity contribution in [3.63, 3.8) is 0 Å². The summed E-state index contributed by atoms with van der Waals surface area (Å²) in [7, 11) is 0. The number of benzene rings is 2. The van der Waals surface area contributed by atoms with Gasteiger partial charge in [-0.3, -0.25) is 9.59 Å². The first kappa shape index (κ1) is 21.5. The Morgan fingerprint density at radius 3 is 2.31 bits per heavy atom. The molecular weight excluding hydrogens is 409 g/mol. The summed E-state index contributed by atoms with van der Waals surface area (Å²) in [5, 5.41) is 6.85. The van der Waals surface area contributed by atoms with E-state index >= 15 is 0 Å². The van der Waals surface area contributed by atoms with Crippen molar-refractivity contribution in [2.45, 2.75) is 18.9 Å². The highest BCUT2D eigenvalue weighted by molar-refractivity contribution is 6.30. The van der Waals surface area contributed by atoms with Crippen LogP contribution >= 0.6 is 23.2 Å². The standard InChI is InChI=1S/C22H25Cl2N3O2/c23-14-20(28)25-15-16-10-12-27(13-11-16)22(29)21(17-4-2-1-3-5-17)26-19-8-6-18(24)7-9-19/h1-9,16,21,26H,10-15H2,(H,25,28). The van der Waals surface area contributed by atoms with Crippen LogP contribution in [0.3, 0.4) is 0 Å². The number of halogens is 2. The fourth-order valence-corrected chi connectivity index (χ4v) is 3.71. The summed E-state index contributed by atoms with van der Waals surface area (Å²) in [6, 6.07) is 16.6. The van der Waals surface area contributed by atoms with Crippen molar-refractivity contribution in [2.24, 2.45) is 5.92 Å². The van der Waals surface area contributed by atoms with Gasteiger partial charge in [0.05, 0.1) is 0 Å². The predicted octanol–water partition coefficient (Wildman–Crippen LogP) is 4.09. The maximum Gasteiger partial charge on any atom is 0.249 e. The van der Waals surface area contributed by atoms with Crippen LogP contribution in [0, 0.1) is 5.92 Å². The third-order valence-corrected chi connectivity index (χ3v) is 5.67. The van der Waals surface area contributed by atoms with E-state index in [1.807, 2.05) is 47.4 Å². The second-order valence-electron chi connectivity index (χ2n) is 7.20. The molecule has 1 fully saturated rings. The molecule has 2 amide bonds. The second kappa shape index (κ2) is 10.5. The highest BCUT2D eigenvalue weighted by Gasteiger charge is 2.29. The van der Waals surface area contributed by atoms with Gasteiger partial charge in [-0.25, -0.2) is 0 Å². The second-order valence-corrected chi connectivity index (χ2v) is 7.90. The molecule has 0 aromatic heterocycles. The van der Waals surface area contributed by atoms with Crippen LogP contribution in [0.25, 0.3) is 0 Å². The van der Waals surface area contributed by atoms with Crippen molar-refractivity contribution in [3.8, 4) is 0 Å². The number of amides is 2. The lowest BCUT2D eigenvalue weighted by Gasteiger charge is -2.35. The minimum Gasteiger partial charge on any atom is -0.370 e. The number of hydrogen-bond donors (Lipinski definition) is 2. The van der Waals surface area contributed by atoms with Crippen LogP contribution in [0.4, 0.5) is 5.69 Å². The lowest BCUT2D eigenvalue weighted by molar-refractivity contribution is -0.133. The Balaban J connectivity index is 1.66. The number of piperidine rings is 1. The van der Waals surface area contributed by atoms with Gasteiger partial charge in [-0.05, 0) is 48.6 Å². The van der Waals surface area contributed by atoms with Crippen molar-refractivity contribution in [2.75, 3.05) is 30.8 Å². The Morgan fingerprint density at radius 2 is 1.69 bits per heavy atom. The molecule has 1 saturated heterocycles. The molecule has 0 aliphatic carbocycles. The van der Waals surface area contributed by atoms with E-state index in [-0.39, 0.29) is 17.7 Å². The predicted molar refractivity (Wildman–Crippen MR) is 117 cm³/mol. The quantitative estimate of drug-likeness (QED) is 0.646. The largest absolute Gasteiger partial charge is 0.370 e. The van der Waals surface area contributed by atoms with E-state index in [4.69, 9.17) is 23.2 Å². The van der Waals surface area contributed by atoms with Crippen molar-refractivity contribution in [1.82, 2.24) is 10.2 Å². The van der Waals surface area contributed by atoms with Gasteiger partial charge in [0.2, 0.25) is 11.8 Å². The van der Waals surface area contributed by atoms with E-state index in [0.717, 1.165) is 24.1 Å². The smallest absolute Gasteiger partial charge is 0.249 e. The molecule has 0 radical (unpaired) electrons. The molecule has 1 aliphatic heterocycles. The Morgan fingerprint density at radius 1 is 1.03 bits per heavy atom. The lowest BCUT2D eigenvalue weighted by Crippen LogP contribution is -2.44. The number of rotatable bonds is 7. The third kappa shape index (κ3) is 6.12. The van der Waals surface area contributed by atoms with Gasteiger partial charge >= 0.3 is 0 Å². The number of anilines is 1. The summed E-state index contributed by atoms with van der Waals surface area (Å²) >= 11 is 11.5. The third-order valence-electron chi connectivity index (χ3n) is 5.17. The van der Waals surface area contributed by atoms with Gasteiger partial charge in [0.25, 0.3) is 0 Å². The minimum atomic E-state index is -0.468. The zero-order valence-electron chi connectivity index (χ0n) is 16.1. The van der Waals surface area contributed by atoms with Gasteiger partial charge in [0.15, 0.2) is 0 Å². The highest BCUT2D eigenvalue weighted by atomic mass is 35.5. The Labute approximate surface area is 181 Å². The van der Waals surface area contributed by atoms with Crippen LogP contribution in [-0.4, -0.2) is 42.2 Å². The van der Waals surface area contributed by atoms with Crippen molar-refractivity contribution in [3.05, 3.63) is 65.2 Å². The maximum absolute atomic E-state index is 13.3. The van der Waals surface area contributed by atoms with E-state index in [9.17, 15) is 9.59 Å². The van der Waals surface area contributed by atoms with Crippen LogP contribution in [0.5, 0.6) is 0 Å². The van der Waals surface area contributed by atoms with Crippen molar-refractivity contribution >= 4 is 40.7 Å². The Kier molecular flexibility index (Phi) is 7.78. The average Bonchev–Trinajstić information content (AvgIpc) is 2.77. The first-order chi connectivity index (χ1) is 14.1. The number of likely N-dealkylation sites (tertiary alicyclic amines) is 1. The van der Waals surface area contributed by atoms with Gasteiger partial charge in [0, 0.05) is 30.3 Å². The molecule has 0 spiro atoms. The molecule has 154 valence electrons. The fraction of sp³-hybridized carbons (Fsp3) is 0.364. The number of nitrogens with zero attached hydrogens (tertiary/aromatic N) is 1. The normalized spacial score (nSPS) is 15.6. The molecular formula is C22H25Cl2N3O2. The van der Waals surface area contributed by atoms with Gasteiger partial charge in [0.1, 0.15) is 11.9 Å². The maximum atomic E-state index is 13.3. The van der Waals surface area contributed by atoms with E-state index in [2.05, 4.69) is 10.6 Å². The Hall–Kier alpha value is -2.24. The molecule has 0 saturated carbocycles. The lowest BCUT2D eigenvalue weighted by atomic mass is 9.95. The van der Waals surface area contributed by atoms with E-state index in [0.29, 0.717) is 30.6 Å². The summed E-state index contributed by atoms with van der Waals surface area (Å²) < 4.78 is 0. The molecule has 2 aromatic rings. The number of carbonyl (C=O) groups excluding carboxylic acids is 2. The first-order valence-corrected chi connectivity index (χ1v) is 10.7. The number of nitrogens with one attached hydrogen (secondary N) is 2. The SMILES string of the molecule is O=C(CCl)NCC1CCN(C(=O)C(Nc2ccc(Cl)cc2)c2ccccc2)CC1. The van der Waals surface area contributed by atoms with Crippen LogP contribution in [0.1, 0.15) is 24.4 Å². The topological polar surface area (TPSA) is 61.4 Å². The van der Waals surface area contributed by atoms with Crippen molar-refractivity contribution < 1.29 is 9.59 Å². The van der Waals surface area contributed by atoms with Crippen LogP contribution in [-0.2, 0) is 9.59 Å². The van der Waals surface area contributed by atoms with E-state index in [1.54, 1.807) is 12.1 Å². The van der Waals surface area contributed by atoms with Gasteiger partial charge in [-0.15, -0.1) is 11.6 Å². The summed E-state index contributed by atoms with van der Waals surface area (Å²) in [4.78, 5) is 26.6. The molecule has 5 nitrogen and oxygen atoms in total. The van der Waals surface area contributed by atoms with Crippen LogP contribution in [0.2, 0.25) is 5.02 Å². The summed E-state index contributed by atoms with van der Waals surface area (Å²) in [6.45, 7) is 1.95. The molecule has 7 heteroatoms. The number of hydrogen-bond acceptors (Lipinski definition) is 3. The van der Waals surface area contributed by atoms with Crippen LogP contribution < -0.4 is 10.6 Å². The Bertz CT molecular complexity index is 807. The van der Waals surface area contributed by atoms with Gasteiger partial charge in [-0.1, -0.05) is 41.9 Å². The zero-order valence-corrected chi connectivity index (χ0v) is 17.6.